The van der Waals surface area contributed by atoms with Crippen LogP contribution in [0.3, 0.4) is 0 Å². The molecule has 0 N–H and O–H groups in total. The third-order valence-electron chi connectivity index (χ3n) is 9.66. The third kappa shape index (κ3) is 4.51. The summed E-state index contributed by atoms with van der Waals surface area (Å²) in [4.78, 5) is 10.4. The molecule has 10 rings (SSSR count). The van der Waals surface area contributed by atoms with E-state index in [0.717, 1.165) is 71.6 Å². The highest BCUT2D eigenvalue weighted by Crippen LogP contribution is 2.41. The van der Waals surface area contributed by atoms with Gasteiger partial charge in [0.25, 0.3) is 0 Å². The van der Waals surface area contributed by atoms with E-state index in [1.54, 1.807) is 0 Å². The maximum Gasteiger partial charge on any atom is 0.161 e. The van der Waals surface area contributed by atoms with Gasteiger partial charge in [0.15, 0.2) is 5.82 Å². The Bertz CT molecular complexity index is 2880. The lowest BCUT2D eigenvalue weighted by Crippen LogP contribution is -1.96. The maximum atomic E-state index is 6.61. The largest absolute Gasteiger partial charge is 0.455 e. The van der Waals surface area contributed by atoms with Gasteiger partial charge in [0.1, 0.15) is 11.2 Å². The summed E-state index contributed by atoms with van der Waals surface area (Å²) in [6.07, 6.45) is 0. The monoisotopic (exact) mass is 624 g/mol. The number of fused-ring (bicyclic) bond motifs is 7. The summed E-state index contributed by atoms with van der Waals surface area (Å²) in [6.45, 7) is 0. The molecule has 0 unspecified atom stereocenters. The third-order valence-corrected chi connectivity index (χ3v) is 9.66. The van der Waals surface area contributed by atoms with E-state index in [0.29, 0.717) is 5.82 Å². The molecule has 0 aliphatic carbocycles. The van der Waals surface area contributed by atoms with Gasteiger partial charge >= 0.3 is 0 Å². The van der Waals surface area contributed by atoms with Gasteiger partial charge in [0.05, 0.1) is 11.2 Å². The summed E-state index contributed by atoms with van der Waals surface area (Å²) in [6, 6.07) is 59.7. The van der Waals surface area contributed by atoms with Crippen LogP contribution in [0.2, 0.25) is 0 Å². The number of aromatic nitrogens is 2. The number of para-hydroxylation sites is 1. The van der Waals surface area contributed by atoms with Crippen molar-refractivity contribution < 1.29 is 4.42 Å². The Labute approximate surface area is 282 Å². The van der Waals surface area contributed by atoms with Crippen molar-refractivity contribution in [2.24, 2.45) is 0 Å². The van der Waals surface area contributed by atoms with Crippen molar-refractivity contribution in [1.29, 1.82) is 0 Å². The van der Waals surface area contributed by atoms with Gasteiger partial charge in [-0.25, -0.2) is 9.97 Å². The smallest absolute Gasteiger partial charge is 0.161 e. The normalized spacial score (nSPS) is 11.7. The molecule has 0 aliphatic rings. The van der Waals surface area contributed by atoms with Crippen molar-refractivity contribution >= 4 is 54.4 Å². The van der Waals surface area contributed by atoms with Crippen LogP contribution in [0.1, 0.15) is 0 Å². The summed E-state index contributed by atoms with van der Waals surface area (Å²) < 4.78 is 6.61. The van der Waals surface area contributed by atoms with Crippen LogP contribution in [-0.4, -0.2) is 9.97 Å². The van der Waals surface area contributed by atoms with Gasteiger partial charge in [-0.05, 0) is 68.7 Å². The number of benzene rings is 8. The van der Waals surface area contributed by atoms with Crippen LogP contribution >= 0.6 is 0 Å². The van der Waals surface area contributed by atoms with Crippen LogP contribution in [0.15, 0.2) is 174 Å². The molecule has 0 fully saturated rings. The van der Waals surface area contributed by atoms with Crippen LogP contribution in [0, 0.1) is 0 Å². The number of furan rings is 1. The van der Waals surface area contributed by atoms with Crippen LogP contribution in [0.5, 0.6) is 0 Å². The Morgan fingerprint density at radius 1 is 0.367 bits per heavy atom. The lowest BCUT2D eigenvalue weighted by molar-refractivity contribution is 0.673. The Morgan fingerprint density at radius 3 is 1.94 bits per heavy atom. The second kappa shape index (κ2) is 11.0. The predicted octanol–water partition coefficient (Wildman–Crippen LogP) is 12.5. The quantitative estimate of drug-likeness (QED) is 0.196. The van der Waals surface area contributed by atoms with Crippen molar-refractivity contribution in [3.63, 3.8) is 0 Å². The van der Waals surface area contributed by atoms with Crippen molar-refractivity contribution in [2.75, 3.05) is 0 Å². The first-order chi connectivity index (χ1) is 24.3. The summed E-state index contributed by atoms with van der Waals surface area (Å²) >= 11 is 0. The molecule has 3 nitrogen and oxygen atoms in total. The SMILES string of the molecule is c1ccc(-c2nc(-c3cc4c5cc(-c6cccc(-c7cccc8ccccc78)c6)ccc5oc4c4ccccc34)nc3ccccc23)cc1. The van der Waals surface area contributed by atoms with E-state index in [-0.39, 0.29) is 0 Å². The van der Waals surface area contributed by atoms with Gasteiger partial charge in [0.2, 0.25) is 0 Å². The van der Waals surface area contributed by atoms with Crippen molar-refractivity contribution in [1.82, 2.24) is 9.97 Å². The molecule has 2 heterocycles. The number of rotatable bonds is 4. The summed E-state index contributed by atoms with van der Waals surface area (Å²) in [5.41, 5.74) is 10.4. The molecule has 0 radical (unpaired) electrons. The standard InChI is InChI=1S/C46H28N2O/c1-2-13-30(14-3-1)44-38-21-8-9-23-42(38)47-46(48-44)41-28-40-39-27-32(24-25-43(39)49-45(40)37-20-7-6-19-36(37)41)31-16-10-17-33(26-31)35-22-11-15-29-12-4-5-18-34(29)35/h1-28H. The fourth-order valence-electron chi connectivity index (χ4n) is 7.32. The van der Waals surface area contributed by atoms with E-state index in [9.17, 15) is 0 Å². The first-order valence-electron chi connectivity index (χ1n) is 16.6. The second-order valence-corrected chi connectivity index (χ2v) is 12.5. The zero-order valence-corrected chi connectivity index (χ0v) is 26.5. The number of hydrogen-bond donors (Lipinski definition) is 0. The number of nitrogens with zero attached hydrogens (tertiary/aromatic N) is 2. The van der Waals surface area contributed by atoms with E-state index in [2.05, 4.69) is 152 Å². The van der Waals surface area contributed by atoms with Crippen molar-refractivity contribution in [3.05, 3.63) is 170 Å². The molecule has 0 saturated heterocycles. The molecule has 8 aromatic carbocycles. The van der Waals surface area contributed by atoms with Crippen LogP contribution in [0.25, 0.3) is 99.3 Å². The van der Waals surface area contributed by atoms with Crippen molar-refractivity contribution in [2.45, 2.75) is 0 Å². The first-order valence-corrected chi connectivity index (χ1v) is 16.6. The van der Waals surface area contributed by atoms with E-state index >= 15 is 0 Å². The molecule has 0 spiro atoms. The van der Waals surface area contributed by atoms with Gasteiger partial charge in [0, 0.05) is 32.7 Å². The van der Waals surface area contributed by atoms with E-state index < -0.39 is 0 Å². The van der Waals surface area contributed by atoms with Crippen molar-refractivity contribution in [3.8, 4) is 44.9 Å². The molecule has 3 heteroatoms. The second-order valence-electron chi connectivity index (χ2n) is 12.5. The molecule has 0 aliphatic heterocycles. The zero-order valence-electron chi connectivity index (χ0n) is 26.5. The topological polar surface area (TPSA) is 38.9 Å². The maximum absolute atomic E-state index is 6.61. The highest BCUT2D eigenvalue weighted by Gasteiger charge is 2.19. The lowest BCUT2D eigenvalue weighted by atomic mass is 9.94. The molecule has 0 amide bonds. The zero-order chi connectivity index (χ0) is 32.3. The van der Waals surface area contributed by atoms with Gasteiger partial charge in [-0.3, -0.25) is 0 Å². The van der Waals surface area contributed by atoms with E-state index in [1.165, 1.54) is 21.9 Å². The molecule has 10 aromatic rings. The fraction of sp³-hybridized carbons (Fsp3) is 0. The average molecular weight is 625 g/mol. The van der Waals surface area contributed by atoms with Gasteiger partial charge in [-0.1, -0.05) is 140 Å². The van der Waals surface area contributed by atoms with Crippen LogP contribution in [0.4, 0.5) is 0 Å². The minimum atomic E-state index is 0.698. The Balaban J connectivity index is 1.18. The summed E-state index contributed by atoms with van der Waals surface area (Å²) in [5, 5.41) is 7.75. The molecule has 0 atom stereocenters. The minimum Gasteiger partial charge on any atom is -0.455 e. The number of hydrogen-bond acceptors (Lipinski definition) is 3. The Kier molecular flexibility index (Phi) is 6.18. The van der Waals surface area contributed by atoms with Gasteiger partial charge < -0.3 is 4.42 Å². The Hall–Kier alpha value is -6.58. The van der Waals surface area contributed by atoms with Gasteiger partial charge in [-0.15, -0.1) is 0 Å². The molecule has 228 valence electrons. The molecule has 2 aromatic heterocycles. The fourth-order valence-corrected chi connectivity index (χ4v) is 7.32. The predicted molar refractivity (Wildman–Crippen MR) is 204 cm³/mol. The van der Waals surface area contributed by atoms with E-state index in [1.807, 2.05) is 18.2 Å². The van der Waals surface area contributed by atoms with E-state index in [4.69, 9.17) is 14.4 Å². The highest BCUT2D eigenvalue weighted by atomic mass is 16.3. The Morgan fingerprint density at radius 2 is 1.04 bits per heavy atom. The first kappa shape index (κ1) is 27.5. The summed E-state index contributed by atoms with van der Waals surface area (Å²) in [5.74, 6) is 0.698. The van der Waals surface area contributed by atoms with Crippen LogP contribution in [-0.2, 0) is 0 Å². The molecule has 0 saturated carbocycles. The average Bonchev–Trinajstić information content (AvgIpc) is 3.55. The highest BCUT2D eigenvalue weighted by molar-refractivity contribution is 6.19. The lowest BCUT2D eigenvalue weighted by Gasteiger charge is -2.11. The summed E-state index contributed by atoms with van der Waals surface area (Å²) in [7, 11) is 0. The van der Waals surface area contributed by atoms with Crippen LogP contribution < -0.4 is 0 Å². The van der Waals surface area contributed by atoms with Gasteiger partial charge in [-0.2, -0.15) is 0 Å². The molecule has 0 bridgehead atoms. The molecular formula is C46H28N2O. The molecular weight excluding hydrogens is 597 g/mol. The minimum absolute atomic E-state index is 0.698. The molecule has 49 heavy (non-hydrogen) atoms.